The van der Waals surface area contributed by atoms with Crippen LogP contribution < -0.4 is 15.1 Å². The molecule has 4 aliphatic rings. The van der Waals surface area contributed by atoms with Gasteiger partial charge in [-0.25, -0.2) is 14.5 Å². The molecule has 6 rings (SSSR count). The van der Waals surface area contributed by atoms with Crippen LogP contribution in [-0.2, 0) is 25.6 Å². The number of nitrogens with one attached hydrogen (secondary N) is 1. The Morgan fingerprint density at radius 2 is 1.65 bits per heavy atom. The van der Waals surface area contributed by atoms with Crippen molar-refractivity contribution in [1.82, 2.24) is 15.1 Å². The van der Waals surface area contributed by atoms with Gasteiger partial charge in [-0.3, -0.25) is 34.3 Å². The number of halogens is 1. The highest BCUT2D eigenvalue weighted by Gasteiger charge is 2.63. The normalized spacial score (nSPS) is 23.3. The van der Waals surface area contributed by atoms with Gasteiger partial charge in [0.25, 0.3) is 11.8 Å². The summed E-state index contributed by atoms with van der Waals surface area (Å²) in [6.07, 6.45) is 2.83. The zero-order valence-corrected chi connectivity index (χ0v) is 22.4. The van der Waals surface area contributed by atoms with Gasteiger partial charge < -0.3 is 4.90 Å². The molecule has 12 heteroatoms. The second-order valence-corrected chi connectivity index (χ2v) is 10.7. The third-order valence-electron chi connectivity index (χ3n) is 8.16. The van der Waals surface area contributed by atoms with Crippen LogP contribution in [0.1, 0.15) is 24.0 Å². The Labute approximate surface area is 233 Å². The largest absolute Gasteiger partial charge is 0.367 e. The first kappa shape index (κ1) is 25.8. The number of benzene rings is 2. The second-order valence-electron chi connectivity index (χ2n) is 10.3. The van der Waals surface area contributed by atoms with Gasteiger partial charge in [-0.1, -0.05) is 29.8 Å². The van der Waals surface area contributed by atoms with E-state index in [0.29, 0.717) is 24.1 Å². The fourth-order valence-corrected chi connectivity index (χ4v) is 6.52. The summed E-state index contributed by atoms with van der Waals surface area (Å²) in [5, 5.41) is 2.34. The first-order valence-electron chi connectivity index (χ1n) is 12.7. The van der Waals surface area contributed by atoms with Gasteiger partial charge >= 0.3 is 12.1 Å². The monoisotopic (exact) mass is 561 g/mol. The highest BCUT2D eigenvalue weighted by molar-refractivity contribution is 6.42. The number of barbiturate groups is 2. The molecule has 40 heavy (non-hydrogen) atoms. The summed E-state index contributed by atoms with van der Waals surface area (Å²) in [5.41, 5.74) is 0.372. The molecule has 1 N–H and O–H groups in total. The van der Waals surface area contributed by atoms with Gasteiger partial charge in [0.1, 0.15) is 5.57 Å². The molecule has 11 nitrogen and oxygen atoms in total. The Morgan fingerprint density at radius 1 is 0.950 bits per heavy atom. The van der Waals surface area contributed by atoms with E-state index in [0.717, 1.165) is 26.8 Å². The van der Waals surface area contributed by atoms with E-state index in [2.05, 4.69) is 5.32 Å². The molecule has 0 radical (unpaired) electrons. The minimum atomic E-state index is -1.47. The maximum Gasteiger partial charge on any atom is 0.335 e. The Kier molecular flexibility index (Phi) is 5.81. The number of rotatable bonds is 2. The zero-order chi connectivity index (χ0) is 28.5. The molecule has 0 unspecified atom stereocenters. The molecule has 3 saturated heterocycles. The third kappa shape index (κ3) is 3.50. The topological polar surface area (TPSA) is 127 Å². The lowest BCUT2D eigenvalue weighted by molar-refractivity contribution is -0.159. The van der Waals surface area contributed by atoms with Crippen LogP contribution >= 0.6 is 11.6 Å². The molecule has 3 fully saturated rings. The van der Waals surface area contributed by atoms with Crippen molar-refractivity contribution >= 4 is 64.7 Å². The van der Waals surface area contributed by atoms with Crippen LogP contribution in [-0.4, -0.2) is 72.2 Å². The predicted octanol–water partition coefficient (Wildman–Crippen LogP) is 2.57. The van der Waals surface area contributed by atoms with E-state index >= 15 is 0 Å². The van der Waals surface area contributed by atoms with Crippen molar-refractivity contribution in [3.8, 4) is 0 Å². The van der Waals surface area contributed by atoms with Crippen LogP contribution in [0.3, 0.4) is 0 Å². The van der Waals surface area contributed by atoms with Crippen LogP contribution in [0.4, 0.5) is 21.0 Å². The van der Waals surface area contributed by atoms with Gasteiger partial charge in [0.15, 0.2) is 5.41 Å². The lowest BCUT2D eigenvalue weighted by Crippen LogP contribution is -2.70. The molecule has 4 heterocycles. The lowest BCUT2D eigenvalue weighted by Gasteiger charge is -2.50. The fourth-order valence-electron chi connectivity index (χ4n) is 6.30. The molecule has 0 saturated carbocycles. The van der Waals surface area contributed by atoms with Crippen molar-refractivity contribution in [2.75, 3.05) is 30.4 Å². The van der Waals surface area contributed by atoms with Gasteiger partial charge in [-0.2, -0.15) is 0 Å². The van der Waals surface area contributed by atoms with E-state index in [-0.39, 0.29) is 22.7 Å². The number of imide groups is 4. The number of urea groups is 2. The van der Waals surface area contributed by atoms with E-state index in [9.17, 15) is 28.8 Å². The first-order valence-corrected chi connectivity index (χ1v) is 13.1. The average molecular weight is 562 g/mol. The summed E-state index contributed by atoms with van der Waals surface area (Å²) in [6.45, 7) is 0.636. The number of hydrogen-bond acceptors (Lipinski definition) is 7. The van der Waals surface area contributed by atoms with Gasteiger partial charge in [-0.05, 0) is 60.7 Å². The number of carbonyl (C=O) groups is 6. The van der Waals surface area contributed by atoms with Crippen LogP contribution in [0.2, 0.25) is 5.02 Å². The minimum Gasteiger partial charge on any atom is -0.367 e. The highest BCUT2D eigenvalue weighted by Crippen LogP contribution is 2.49. The molecule has 0 aromatic heterocycles. The molecule has 1 spiro atoms. The summed E-state index contributed by atoms with van der Waals surface area (Å²) in [5.74, 6) is -2.77. The Hall–Kier alpha value is -4.51. The van der Waals surface area contributed by atoms with Crippen molar-refractivity contribution in [2.45, 2.75) is 25.3 Å². The third-order valence-corrected chi connectivity index (χ3v) is 8.48. The summed E-state index contributed by atoms with van der Waals surface area (Å²) >= 11 is 6.21. The Morgan fingerprint density at radius 3 is 2.35 bits per heavy atom. The number of carbonyl (C=O) groups excluding carboxylic acids is 6. The van der Waals surface area contributed by atoms with Crippen molar-refractivity contribution in [2.24, 2.45) is 5.41 Å². The van der Waals surface area contributed by atoms with Crippen molar-refractivity contribution in [3.05, 3.63) is 64.2 Å². The molecule has 0 bridgehead atoms. The van der Waals surface area contributed by atoms with Crippen LogP contribution in [0.25, 0.3) is 6.08 Å². The number of hydrogen-bond donors (Lipinski definition) is 1. The highest BCUT2D eigenvalue weighted by atomic mass is 35.5. The Balaban J connectivity index is 1.42. The maximum absolute atomic E-state index is 13.6. The smallest absolute Gasteiger partial charge is 0.335 e. The first-order chi connectivity index (χ1) is 19.1. The molecule has 8 amide bonds. The second kappa shape index (κ2) is 9.02. The van der Waals surface area contributed by atoms with Crippen LogP contribution in [0.15, 0.2) is 48.0 Å². The van der Waals surface area contributed by atoms with Crippen molar-refractivity contribution in [1.29, 1.82) is 0 Å². The zero-order valence-electron chi connectivity index (χ0n) is 21.6. The average Bonchev–Trinajstić information content (AvgIpc) is 3.44. The van der Waals surface area contributed by atoms with E-state index in [1.165, 1.54) is 32.3 Å². The van der Waals surface area contributed by atoms with Crippen LogP contribution in [0.5, 0.6) is 0 Å². The maximum atomic E-state index is 13.6. The van der Waals surface area contributed by atoms with Crippen molar-refractivity contribution < 1.29 is 28.8 Å². The summed E-state index contributed by atoms with van der Waals surface area (Å²) in [4.78, 5) is 83.2. The molecule has 4 aliphatic heterocycles. The molecular weight excluding hydrogens is 538 g/mol. The van der Waals surface area contributed by atoms with Crippen LogP contribution in [0, 0.1) is 5.41 Å². The standard InChI is InChI=1S/C28H24ClN5O6/c1-31-24(37)28(25(38)32(2)27(31)40)14-16-12-15(9-10-19(16)33-11-5-8-21(28)33)13-17-22(35)30-26(39)34(23(17)36)20-7-4-3-6-18(20)29/h3-4,6-7,9-10,12-13,21H,5,8,11,14H2,1-2H3,(H,30,35,39)/b17-13+/t21-/m1/s1. The minimum absolute atomic E-state index is 0.0600. The van der Waals surface area contributed by atoms with Gasteiger partial charge in [0, 0.05) is 26.3 Å². The van der Waals surface area contributed by atoms with E-state index in [4.69, 9.17) is 11.6 Å². The van der Waals surface area contributed by atoms with E-state index in [1.807, 2.05) is 11.0 Å². The molecule has 2 aromatic carbocycles. The molecule has 1 atom stereocenters. The summed E-state index contributed by atoms with van der Waals surface area (Å²) in [6, 6.07) is 9.61. The quantitative estimate of drug-likeness (QED) is 0.339. The lowest BCUT2D eigenvalue weighted by atomic mass is 9.68. The van der Waals surface area contributed by atoms with E-state index in [1.54, 1.807) is 24.3 Å². The van der Waals surface area contributed by atoms with Gasteiger partial charge in [-0.15, -0.1) is 0 Å². The predicted molar refractivity (Wildman–Crippen MR) is 144 cm³/mol. The number of amides is 8. The molecular formula is C28H24ClN5O6. The van der Waals surface area contributed by atoms with E-state index < -0.39 is 47.1 Å². The molecule has 0 aliphatic carbocycles. The summed E-state index contributed by atoms with van der Waals surface area (Å²) in [7, 11) is 2.76. The number of para-hydroxylation sites is 1. The Bertz CT molecular complexity index is 1560. The number of nitrogens with zero attached hydrogens (tertiary/aromatic N) is 4. The van der Waals surface area contributed by atoms with Gasteiger partial charge in [0.05, 0.1) is 16.8 Å². The SMILES string of the molecule is CN1C(=O)N(C)C(=O)C2(Cc3cc(/C=C4\C(=O)NC(=O)N(c5ccccc5Cl)C4=O)ccc3N3CCC[C@@H]32)C1=O. The number of fused-ring (bicyclic) bond motifs is 4. The van der Waals surface area contributed by atoms with Gasteiger partial charge in [0.2, 0.25) is 11.8 Å². The molecule has 2 aromatic rings. The molecule has 204 valence electrons. The number of anilines is 2. The summed E-state index contributed by atoms with van der Waals surface area (Å²) < 4.78 is 0. The van der Waals surface area contributed by atoms with Crippen molar-refractivity contribution in [3.63, 3.8) is 0 Å². The fraction of sp³-hybridized carbons (Fsp3) is 0.286.